The van der Waals surface area contributed by atoms with Gasteiger partial charge in [0, 0.05) is 17.3 Å². The van der Waals surface area contributed by atoms with Gasteiger partial charge in [-0.2, -0.15) is 34.8 Å². The van der Waals surface area contributed by atoms with E-state index >= 15 is 0 Å². The standard InChI is InChI=1S/C15H11Br3F6O7S/c16-7-4-8(17)12(9(18)5-7)30-10(25)2-1-3-11(26)31-13(14(19,20)21,15(22,23)24)6-32(27,28)29/h4-5H,1-3,6H2,(H,27,28,29). The minimum atomic E-state index is -6.42. The molecule has 0 aliphatic heterocycles. The molecule has 0 amide bonds. The lowest BCUT2D eigenvalue weighted by Gasteiger charge is -2.35. The van der Waals surface area contributed by atoms with Crippen LogP contribution in [0.5, 0.6) is 5.75 Å². The molecule has 0 aliphatic rings. The zero-order chi connectivity index (χ0) is 25.1. The van der Waals surface area contributed by atoms with E-state index in [1.54, 1.807) is 0 Å². The van der Waals surface area contributed by atoms with E-state index in [2.05, 4.69) is 52.5 Å². The number of benzene rings is 1. The van der Waals surface area contributed by atoms with Gasteiger partial charge in [0.1, 0.15) is 5.75 Å². The van der Waals surface area contributed by atoms with Crippen molar-refractivity contribution < 1.29 is 58.4 Å². The van der Waals surface area contributed by atoms with Crippen molar-refractivity contribution >= 4 is 69.8 Å². The molecule has 0 atom stereocenters. The fourth-order valence-electron chi connectivity index (χ4n) is 2.14. The van der Waals surface area contributed by atoms with Gasteiger partial charge in [-0.3, -0.25) is 14.1 Å². The molecule has 0 aromatic heterocycles. The van der Waals surface area contributed by atoms with Crippen LogP contribution in [0, 0.1) is 0 Å². The highest BCUT2D eigenvalue weighted by Gasteiger charge is 2.75. The number of alkyl halides is 6. The molecule has 0 aliphatic carbocycles. The highest BCUT2D eigenvalue weighted by molar-refractivity contribution is 9.11. The number of ether oxygens (including phenoxy) is 2. The molecule has 1 aromatic carbocycles. The SMILES string of the molecule is O=C(CCCC(=O)OC(CS(=O)(=O)O)(C(F)(F)F)C(F)(F)F)Oc1c(Br)cc(Br)cc1Br. The van der Waals surface area contributed by atoms with Crippen molar-refractivity contribution in [3.63, 3.8) is 0 Å². The maximum atomic E-state index is 13.1. The van der Waals surface area contributed by atoms with E-state index in [1.165, 1.54) is 12.1 Å². The fraction of sp³-hybridized carbons (Fsp3) is 0.467. The van der Waals surface area contributed by atoms with Gasteiger partial charge in [-0.15, -0.1) is 0 Å². The quantitative estimate of drug-likeness (QED) is 0.170. The topological polar surface area (TPSA) is 107 Å². The lowest BCUT2D eigenvalue weighted by Crippen LogP contribution is -2.63. The number of carbonyl (C=O) groups is 2. The second-order valence-electron chi connectivity index (χ2n) is 6.05. The van der Waals surface area contributed by atoms with E-state index in [1.807, 2.05) is 0 Å². The molecule has 17 heteroatoms. The van der Waals surface area contributed by atoms with Gasteiger partial charge in [0.05, 0.1) is 8.95 Å². The molecule has 0 saturated heterocycles. The molecule has 0 radical (unpaired) electrons. The van der Waals surface area contributed by atoms with Gasteiger partial charge in [0.25, 0.3) is 10.1 Å². The zero-order valence-electron chi connectivity index (χ0n) is 15.2. The molecule has 0 unspecified atom stereocenters. The molecule has 7 nitrogen and oxygen atoms in total. The smallest absolute Gasteiger partial charge is 0.438 e. The molecule has 32 heavy (non-hydrogen) atoms. The Morgan fingerprint density at radius 2 is 1.34 bits per heavy atom. The summed E-state index contributed by atoms with van der Waals surface area (Å²) in [5, 5.41) is 0. The van der Waals surface area contributed by atoms with Gasteiger partial charge >= 0.3 is 29.9 Å². The Morgan fingerprint density at radius 3 is 1.75 bits per heavy atom. The first-order valence-corrected chi connectivity index (χ1v) is 11.9. The summed E-state index contributed by atoms with van der Waals surface area (Å²) in [4.78, 5) is 23.5. The van der Waals surface area contributed by atoms with Crippen LogP contribution in [-0.4, -0.2) is 48.6 Å². The molecule has 0 fully saturated rings. The van der Waals surface area contributed by atoms with Crippen molar-refractivity contribution in [1.82, 2.24) is 0 Å². The van der Waals surface area contributed by atoms with Gasteiger partial charge in [0.15, 0.2) is 5.75 Å². The maximum Gasteiger partial charge on any atom is 0.438 e. The Hall–Kier alpha value is -0.910. The predicted octanol–water partition coefficient (Wildman–Crippen LogP) is 5.34. The third kappa shape index (κ3) is 7.85. The molecule has 0 heterocycles. The summed E-state index contributed by atoms with van der Waals surface area (Å²) in [6.45, 7) is 0. The molecular formula is C15H11Br3F6O7S. The summed E-state index contributed by atoms with van der Waals surface area (Å²) in [5.41, 5.74) is -5.49. The number of carbonyl (C=O) groups excluding carboxylic acids is 2. The summed E-state index contributed by atoms with van der Waals surface area (Å²) in [7, 11) is -5.88. The summed E-state index contributed by atoms with van der Waals surface area (Å²) >= 11 is 9.41. The summed E-state index contributed by atoms with van der Waals surface area (Å²) < 4.78 is 118. The molecular weight excluding hydrogens is 678 g/mol. The van der Waals surface area contributed by atoms with Gasteiger partial charge < -0.3 is 9.47 Å². The maximum absolute atomic E-state index is 13.1. The first-order chi connectivity index (χ1) is 14.3. The van der Waals surface area contributed by atoms with Gasteiger partial charge in [-0.1, -0.05) is 15.9 Å². The molecule has 0 spiro atoms. The summed E-state index contributed by atoms with van der Waals surface area (Å²) in [5.74, 6) is -6.02. The Bertz CT molecular complexity index is 942. The van der Waals surface area contributed by atoms with Crippen LogP contribution in [0.1, 0.15) is 19.3 Å². The second-order valence-corrected chi connectivity index (χ2v) is 10.1. The van der Waals surface area contributed by atoms with E-state index in [0.29, 0.717) is 13.4 Å². The van der Waals surface area contributed by atoms with E-state index < -0.39 is 65.0 Å². The highest BCUT2D eigenvalue weighted by Crippen LogP contribution is 2.47. The minimum absolute atomic E-state index is 0.0297. The average molecular weight is 689 g/mol. The molecule has 1 aromatic rings. The second kappa shape index (κ2) is 10.6. The number of hydrogen-bond acceptors (Lipinski definition) is 6. The predicted molar refractivity (Wildman–Crippen MR) is 106 cm³/mol. The van der Waals surface area contributed by atoms with E-state index in [4.69, 9.17) is 9.29 Å². The van der Waals surface area contributed by atoms with Crippen molar-refractivity contribution in [3.8, 4) is 5.75 Å². The van der Waals surface area contributed by atoms with Crippen LogP contribution < -0.4 is 4.74 Å². The van der Waals surface area contributed by atoms with Crippen molar-refractivity contribution in [1.29, 1.82) is 0 Å². The molecule has 182 valence electrons. The van der Waals surface area contributed by atoms with Crippen LogP contribution >= 0.6 is 47.8 Å². The first-order valence-electron chi connectivity index (χ1n) is 7.95. The van der Waals surface area contributed by atoms with Crippen molar-refractivity contribution in [2.24, 2.45) is 0 Å². The summed E-state index contributed by atoms with van der Waals surface area (Å²) in [6.07, 6.45) is -15.1. The third-order valence-corrected chi connectivity index (χ3v) is 5.94. The Balaban J connectivity index is 2.87. The largest absolute Gasteiger partial charge is 0.438 e. The lowest BCUT2D eigenvalue weighted by atomic mass is 10.1. The minimum Gasteiger partial charge on any atom is -0.438 e. The molecule has 0 bridgehead atoms. The molecule has 1 N–H and O–H groups in total. The van der Waals surface area contributed by atoms with Crippen molar-refractivity contribution in [2.75, 3.05) is 5.75 Å². The molecule has 0 saturated carbocycles. The Morgan fingerprint density at radius 1 is 0.906 bits per heavy atom. The van der Waals surface area contributed by atoms with Gasteiger partial charge in [-0.25, -0.2) is 0 Å². The highest BCUT2D eigenvalue weighted by atomic mass is 79.9. The molecule has 1 rings (SSSR count). The first kappa shape index (κ1) is 29.1. The van der Waals surface area contributed by atoms with E-state index in [0.717, 1.165) is 0 Å². The van der Waals surface area contributed by atoms with Crippen LogP contribution in [0.2, 0.25) is 0 Å². The van der Waals surface area contributed by atoms with Gasteiger partial charge in [0.2, 0.25) is 0 Å². The normalized spacial score (nSPS) is 13.1. The number of rotatable bonds is 8. The van der Waals surface area contributed by atoms with Crippen molar-refractivity contribution in [2.45, 2.75) is 37.2 Å². The zero-order valence-corrected chi connectivity index (χ0v) is 20.8. The van der Waals surface area contributed by atoms with Crippen LogP contribution in [0.3, 0.4) is 0 Å². The van der Waals surface area contributed by atoms with Crippen molar-refractivity contribution in [3.05, 3.63) is 25.6 Å². The van der Waals surface area contributed by atoms with Crippen LogP contribution in [0.15, 0.2) is 25.6 Å². The average Bonchev–Trinajstić information content (AvgIpc) is 2.54. The Labute approximate surface area is 201 Å². The summed E-state index contributed by atoms with van der Waals surface area (Å²) in [6, 6.07) is 3.04. The van der Waals surface area contributed by atoms with Gasteiger partial charge in [-0.05, 0) is 50.4 Å². The van der Waals surface area contributed by atoms with Crippen LogP contribution in [-0.2, 0) is 24.4 Å². The third-order valence-electron chi connectivity index (χ3n) is 3.53. The van der Waals surface area contributed by atoms with Crippen LogP contribution in [0.4, 0.5) is 26.3 Å². The van der Waals surface area contributed by atoms with Crippen LogP contribution in [0.25, 0.3) is 0 Å². The van der Waals surface area contributed by atoms with E-state index in [-0.39, 0.29) is 5.75 Å². The number of esters is 2. The van der Waals surface area contributed by atoms with E-state index in [9.17, 15) is 44.3 Å². The monoisotopic (exact) mass is 686 g/mol. The Kier molecular flexibility index (Phi) is 9.62. The lowest BCUT2D eigenvalue weighted by molar-refractivity contribution is -0.361. The number of hydrogen-bond donors (Lipinski definition) is 1. The number of halogens is 9. The fourth-order valence-corrected chi connectivity index (χ4v) is 5.46.